The van der Waals surface area contributed by atoms with Crippen LogP contribution in [-0.2, 0) is 4.74 Å². The highest BCUT2D eigenvalue weighted by atomic mass is 16.5. The highest BCUT2D eigenvalue weighted by Crippen LogP contribution is 2.33. The van der Waals surface area contributed by atoms with Gasteiger partial charge in [-0.25, -0.2) is 0 Å². The lowest BCUT2D eigenvalue weighted by Crippen LogP contribution is -2.21. The van der Waals surface area contributed by atoms with Gasteiger partial charge in [0.25, 0.3) is 0 Å². The second-order valence-corrected chi connectivity index (χ2v) is 3.94. The molecule has 0 radical (unpaired) electrons. The Hall–Kier alpha value is -1.53. The van der Waals surface area contributed by atoms with Gasteiger partial charge in [0, 0.05) is 6.61 Å². The monoisotopic (exact) mass is 217 g/mol. The summed E-state index contributed by atoms with van der Waals surface area (Å²) >= 11 is 0. The van der Waals surface area contributed by atoms with Crippen LogP contribution in [0.25, 0.3) is 0 Å². The molecular formula is C13H15NO2. The molecule has 0 bridgehead atoms. The molecule has 1 aromatic rings. The standard InChI is InChI=1S/C13H15NO2/c1-15-12-6-4-10(5-7-12)13-11(9-14)3-2-8-16-13/h4-7,11,13H,2-3,8H2,1H3. The topological polar surface area (TPSA) is 42.2 Å². The lowest BCUT2D eigenvalue weighted by atomic mass is 9.91. The normalized spacial score (nSPS) is 24.8. The zero-order valence-corrected chi connectivity index (χ0v) is 9.35. The third-order valence-corrected chi connectivity index (χ3v) is 2.93. The minimum absolute atomic E-state index is 0.0258. The lowest BCUT2D eigenvalue weighted by molar-refractivity contribution is -0.0101. The number of rotatable bonds is 2. The fourth-order valence-electron chi connectivity index (χ4n) is 2.04. The largest absolute Gasteiger partial charge is 0.497 e. The van der Waals surface area contributed by atoms with Gasteiger partial charge in [0.2, 0.25) is 0 Å². The second-order valence-electron chi connectivity index (χ2n) is 3.94. The molecule has 2 atom stereocenters. The van der Waals surface area contributed by atoms with Crippen molar-refractivity contribution in [2.75, 3.05) is 13.7 Å². The lowest BCUT2D eigenvalue weighted by Gasteiger charge is -2.27. The van der Waals surface area contributed by atoms with Crippen LogP contribution in [0.5, 0.6) is 5.75 Å². The Labute approximate surface area is 95.6 Å². The van der Waals surface area contributed by atoms with Crippen molar-refractivity contribution in [2.45, 2.75) is 18.9 Å². The van der Waals surface area contributed by atoms with Gasteiger partial charge >= 0.3 is 0 Å². The predicted molar refractivity (Wildman–Crippen MR) is 60.0 cm³/mol. The number of nitriles is 1. The molecule has 1 aromatic carbocycles. The highest BCUT2D eigenvalue weighted by molar-refractivity contribution is 5.29. The van der Waals surface area contributed by atoms with Crippen molar-refractivity contribution in [1.29, 1.82) is 5.26 Å². The van der Waals surface area contributed by atoms with Crippen LogP contribution in [0.1, 0.15) is 24.5 Å². The highest BCUT2D eigenvalue weighted by Gasteiger charge is 2.27. The van der Waals surface area contributed by atoms with Gasteiger partial charge in [-0.1, -0.05) is 12.1 Å². The fourth-order valence-corrected chi connectivity index (χ4v) is 2.04. The molecular weight excluding hydrogens is 202 g/mol. The van der Waals surface area contributed by atoms with Crippen LogP contribution < -0.4 is 4.74 Å². The molecule has 16 heavy (non-hydrogen) atoms. The van der Waals surface area contributed by atoms with E-state index in [1.165, 1.54) is 0 Å². The summed E-state index contributed by atoms with van der Waals surface area (Å²) in [5.74, 6) is 0.801. The van der Waals surface area contributed by atoms with Crippen LogP contribution in [-0.4, -0.2) is 13.7 Å². The molecule has 1 aliphatic rings. The predicted octanol–water partition coefficient (Wildman–Crippen LogP) is 2.69. The van der Waals surface area contributed by atoms with Gasteiger partial charge in [-0.2, -0.15) is 5.26 Å². The molecule has 1 heterocycles. The van der Waals surface area contributed by atoms with Crippen molar-refractivity contribution in [3.63, 3.8) is 0 Å². The van der Waals surface area contributed by atoms with Gasteiger partial charge in [-0.05, 0) is 30.5 Å². The Morgan fingerprint density at radius 1 is 1.38 bits per heavy atom. The van der Waals surface area contributed by atoms with Gasteiger partial charge in [0.1, 0.15) is 5.75 Å². The molecule has 1 aliphatic heterocycles. The number of hydrogen-bond acceptors (Lipinski definition) is 3. The van der Waals surface area contributed by atoms with E-state index in [2.05, 4.69) is 6.07 Å². The van der Waals surface area contributed by atoms with E-state index in [4.69, 9.17) is 14.7 Å². The minimum Gasteiger partial charge on any atom is -0.497 e. The average molecular weight is 217 g/mol. The maximum atomic E-state index is 9.07. The number of ether oxygens (including phenoxy) is 2. The Balaban J connectivity index is 2.18. The van der Waals surface area contributed by atoms with E-state index in [0.29, 0.717) is 0 Å². The van der Waals surface area contributed by atoms with Gasteiger partial charge in [0.15, 0.2) is 0 Å². The number of benzene rings is 1. The summed E-state index contributed by atoms with van der Waals surface area (Å²) < 4.78 is 10.8. The first kappa shape index (κ1) is 11.0. The Bertz CT molecular complexity index is 380. The molecule has 1 fully saturated rings. The Morgan fingerprint density at radius 2 is 2.12 bits per heavy atom. The summed E-state index contributed by atoms with van der Waals surface area (Å²) in [6, 6.07) is 10.1. The van der Waals surface area contributed by atoms with Crippen molar-refractivity contribution in [2.24, 2.45) is 5.92 Å². The molecule has 2 unspecified atom stereocenters. The molecule has 0 spiro atoms. The summed E-state index contributed by atoms with van der Waals surface area (Å²) in [6.07, 6.45) is 1.82. The van der Waals surface area contributed by atoms with Crippen molar-refractivity contribution in [3.05, 3.63) is 29.8 Å². The maximum Gasteiger partial charge on any atom is 0.118 e. The summed E-state index contributed by atoms with van der Waals surface area (Å²) in [5, 5.41) is 9.07. The molecule has 3 nitrogen and oxygen atoms in total. The zero-order valence-electron chi connectivity index (χ0n) is 9.35. The summed E-state index contributed by atoms with van der Waals surface area (Å²) in [6.45, 7) is 0.745. The Morgan fingerprint density at radius 3 is 2.75 bits per heavy atom. The number of methoxy groups -OCH3 is 1. The van der Waals surface area contributed by atoms with E-state index in [0.717, 1.165) is 30.8 Å². The first-order valence-electron chi connectivity index (χ1n) is 5.50. The van der Waals surface area contributed by atoms with Gasteiger partial charge in [-0.15, -0.1) is 0 Å². The van der Waals surface area contributed by atoms with E-state index < -0.39 is 0 Å². The fraction of sp³-hybridized carbons (Fsp3) is 0.462. The van der Waals surface area contributed by atoms with Gasteiger partial charge in [0.05, 0.1) is 25.2 Å². The molecule has 2 rings (SSSR count). The van der Waals surface area contributed by atoms with Gasteiger partial charge < -0.3 is 9.47 Å². The SMILES string of the molecule is COc1ccc(C2OCCCC2C#N)cc1. The zero-order chi connectivity index (χ0) is 11.4. The first-order valence-corrected chi connectivity index (χ1v) is 5.50. The smallest absolute Gasteiger partial charge is 0.118 e. The average Bonchev–Trinajstić information content (AvgIpc) is 2.39. The summed E-state index contributed by atoms with van der Waals surface area (Å²) in [4.78, 5) is 0. The molecule has 0 aliphatic carbocycles. The van der Waals surface area contributed by atoms with E-state index in [9.17, 15) is 0 Å². The number of nitrogens with zero attached hydrogens (tertiary/aromatic N) is 1. The first-order chi connectivity index (χ1) is 7.85. The molecule has 3 heteroatoms. The summed E-state index contributed by atoms with van der Waals surface area (Å²) in [7, 11) is 1.64. The van der Waals surface area contributed by atoms with Crippen LogP contribution in [0, 0.1) is 17.2 Å². The van der Waals surface area contributed by atoms with Crippen molar-refractivity contribution < 1.29 is 9.47 Å². The van der Waals surface area contributed by atoms with Crippen LogP contribution in [0.3, 0.4) is 0 Å². The van der Waals surface area contributed by atoms with Crippen LogP contribution in [0.4, 0.5) is 0 Å². The van der Waals surface area contributed by atoms with E-state index in [1.54, 1.807) is 7.11 Å². The molecule has 0 aromatic heterocycles. The Kier molecular flexibility index (Phi) is 3.43. The van der Waals surface area contributed by atoms with Crippen LogP contribution >= 0.6 is 0 Å². The van der Waals surface area contributed by atoms with Crippen LogP contribution in [0.15, 0.2) is 24.3 Å². The van der Waals surface area contributed by atoms with E-state index in [1.807, 2.05) is 24.3 Å². The van der Waals surface area contributed by atoms with Crippen molar-refractivity contribution >= 4 is 0 Å². The molecule has 0 amide bonds. The maximum absolute atomic E-state index is 9.07. The third-order valence-electron chi connectivity index (χ3n) is 2.93. The quantitative estimate of drug-likeness (QED) is 0.764. The molecule has 84 valence electrons. The molecule has 1 saturated heterocycles. The van der Waals surface area contributed by atoms with E-state index >= 15 is 0 Å². The molecule has 0 N–H and O–H groups in total. The third kappa shape index (κ3) is 2.17. The minimum atomic E-state index is -0.0790. The molecule has 0 saturated carbocycles. The van der Waals surface area contributed by atoms with Crippen LogP contribution in [0.2, 0.25) is 0 Å². The van der Waals surface area contributed by atoms with Crippen molar-refractivity contribution in [3.8, 4) is 11.8 Å². The summed E-state index contributed by atoms with van der Waals surface area (Å²) in [5.41, 5.74) is 1.06. The van der Waals surface area contributed by atoms with Crippen molar-refractivity contribution in [1.82, 2.24) is 0 Å². The second kappa shape index (κ2) is 5.00. The van der Waals surface area contributed by atoms with Gasteiger partial charge in [-0.3, -0.25) is 0 Å². The van der Waals surface area contributed by atoms with E-state index in [-0.39, 0.29) is 12.0 Å². The number of hydrogen-bond donors (Lipinski definition) is 0.